The van der Waals surface area contributed by atoms with E-state index >= 15 is 0 Å². The zero-order valence-corrected chi connectivity index (χ0v) is 13.1. The molecular formula is C15H17BrN2O3. The van der Waals surface area contributed by atoms with Crippen molar-refractivity contribution in [3.05, 3.63) is 30.1 Å². The van der Waals surface area contributed by atoms with E-state index in [1.54, 1.807) is 12.4 Å². The molecule has 0 aromatic carbocycles. The number of nitrogens with zero attached hydrogens (tertiary/aromatic N) is 1. The van der Waals surface area contributed by atoms with Gasteiger partial charge < -0.3 is 9.15 Å². The van der Waals surface area contributed by atoms with Crippen LogP contribution in [0.5, 0.6) is 0 Å². The van der Waals surface area contributed by atoms with Crippen LogP contribution in [0.15, 0.2) is 24.5 Å². The molecule has 2 saturated carbocycles. The van der Waals surface area contributed by atoms with Gasteiger partial charge in [-0.05, 0) is 42.7 Å². The van der Waals surface area contributed by atoms with E-state index in [0.29, 0.717) is 12.5 Å². The maximum Gasteiger partial charge on any atom is 0.321 e. The highest BCUT2D eigenvalue weighted by molar-refractivity contribution is 9.06. The first kappa shape index (κ1) is 14.5. The molecule has 1 aromatic rings. The first-order valence-corrected chi connectivity index (χ1v) is 7.84. The Bertz CT molecular complexity index is 537. The van der Waals surface area contributed by atoms with Gasteiger partial charge in [-0.1, -0.05) is 6.07 Å². The predicted octanol–water partition coefficient (Wildman–Crippen LogP) is 2.21. The number of aromatic nitrogens is 1. The molecule has 0 saturated heterocycles. The number of amides is 1. The molecule has 4 atom stereocenters. The lowest BCUT2D eigenvalue weighted by atomic mass is 9.78. The van der Waals surface area contributed by atoms with E-state index in [1.165, 1.54) is 0 Å². The van der Waals surface area contributed by atoms with E-state index in [4.69, 9.17) is 3.83 Å². The summed E-state index contributed by atoms with van der Waals surface area (Å²) in [4.78, 5) is 28.4. The van der Waals surface area contributed by atoms with Crippen molar-refractivity contribution >= 4 is 28.1 Å². The van der Waals surface area contributed by atoms with Crippen LogP contribution in [0.1, 0.15) is 24.8 Å². The first-order valence-electron chi connectivity index (χ1n) is 7.19. The highest BCUT2D eigenvalue weighted by Gasteiger charge is 2.54. The molecule has 21 heavy (non-hydrogen) atoms. The summed E-state index contributed by atoms with van der Waals surface area (Å²) in [7, 11) is 0. The molecule has 1 amide bonds. The molecular weight excluding hydrogens is 336 g/mol. The summed E-state index contributed by atoms with van der Waals surface area (Å²) in [5.41, 5.74) is 0.952. The Labute approximate surface area is 131 Å². The number of halogens is 1. The fraction of sp³-hybridized carbons (Fsp3) is 0.533. The number of hydrogen-bond acceptors (Lipinski definition) is 4. The van der Waals surface area contributed by atoms with Crippen molar-refractivity contribution in [2.24, 2.45) is 23.7 Å². The average Bonchev–Trinajstić information content (AvgIpc) is 3.13. The predicted molar refractivity (Wildman–Crippen MR) is 78.9 cm³/mol. The third kappa shape index (κ3) is 2.81. The van der Waals surface area contributed by atoms with Crippen LogP contribution in [0, 0.1) is 23.7 Å². The minimum Gasteiger partial charge on any atom is -0.383 e. The standard InChI is InChI=1S/C15H17BrN2O3/c16-21-15(20)13-11-4-3-10(6-11)12(13)14(19)18-8-9-2-1-5-17-7-9/h1-2,5,7,10-13H,3-4,6,8H2,(H,18,19)/t10?,11?,12-,13?/m0/s1. The van der Waals surface area contributed by atoms with E-state index in [9.17, 15) is 9.59 Å². The van der Waals surface area contributed by atoms with Crippen molar-refractivity contribution in [1.82, 2.24) is 10.3 Å². The number of fused-ring (bicyclic) bond motifs is 2. The highest BCUT2D eigenvalue weighted by atomic mass is 79.9. The molecule has 1 aromatic heterocycles. The van der Waals surface area contributed by atoms with Crippen molar-refractivity contribution in [2.45, 2.75) is 25.8 Å². The quantitative estimate of drug-likeness (QED) is 0.901. The molecule has 1 heterocycles. The van der Waals surface area contributed by atoms with Gasteiger partial charge in [0.25, 0.3) is 0 Å². The van der Waals surface area contributed by atoms with Gasteiger partial charge in [0.1, 0.15) is 0 Å². The Balaban J connectivity index is 1.67. The monoisotopic (exact) mass is 352 g/mol. The number of carbonyl (C=O) groups is 2. The molecule has 2 aliphatic rings. The van der Waals surface area contributed by atoms with Gasteiger partial charge in [-0.3, -0.25) is 14.6 Å². The lowest BCUT2D eigenvalue weighted by Crippen LogP contribution is -2.41. The zero-order chi connectivity index (χ0) is 14.8. The molecule has 0 spiro atoms. The van der Waals surface area contributed by atoms with Crippen LogP contribution in [-0.2, 0) is 20.0 Å². The Morgan fingerprint density at radius 3 is 2.76 bits per heavy atom. The van der Waals surface area contributed by atoms with Crippen LogP contribution in [0.2, 0.25) is 0 Å². The van der Waals surface area contributed by atoms with Crippen LogP contribution >= 0.6 is 16.3 Å². The van der Waals surface area contributed by atoms with Gasteiger partial charge in [0.2, 0.25) is 5.91 Å². The molecule has 1 N–H and O–H groups in total. The van der Waals surface area contributed by atoms with Crippen LogP contribution in [0.4, 0.5) is 0 Å². The van der Waals surface area contributed by atoms with Crippen LogP contribution in [0.25, 0.3) is 0 Å². The minimum atomic E-state index is -0.316. The van der Waals surface area contributed by atoms with Gasteiger partial charge in [-0.2, -0.15) is 0 Å². The van der Waals surface area contributed by atoms with Crippen molar-refractivity contribution in [1.29, 1.82) is 0 Å². The number of nitrogens with one attached hydrogen (secondary N) is 1. The SMILES string of the molecule is O=C(OBr)C1C2CCC(C2)[C@@H]1C(=O)NCc1cccnc1. The zero-order valence-electron chi connectivity index (χ0n) is 11.5. The van der Waals surface area contributed by atoms with Gasteiger partial charge in [-0.15, -0.1) is 0 Å². The lowest BCUT2D eigenvalue weighted by molar-refractivity contribution is -0.145. The normalized spacial score (nSPS) is 30.1. The number of rotatable bonds is 4. The van der Waals surface area contributed by atoms with Crippen molar-refractivity contribution in [3.8, 4) is 0 Å². The molecule has 2 fully saturated rings. The summed E-state index contributed by atoms with van der Waals surface area (Å²) in [6.07, 6.45) is 6.43. The van der Waals surface area contributed by atoms with Crippen molar-refractivity contribution < 1.29 is 13.4 Å². The Hall–Kier alpha value is -1.43. The van der Waals surface area contributed by atoms with Crippen LogP contribution in [0.3, 0.4) is 0 Å². The molecule has 0 aliphatic heterocycles. The van der Waals surface area contributed by atoms with Gasteiger partial charge in [-0.25, -0.2) is 0 Å². The van der Waals surface area contributed by atoms with Crippen molar-refractivity contribution in [2.75, 3.05) is 0 Å². The first-order chi connectivity index (χ1) is 10.2. The van der Waals surface area contributed by atoms with E-state index < -0.39 is 0 Å². The second kappa shape index (κ2) is 6.13. The molecule has 2 bridgehead atoms. The summed E-state index contributed by atoms with van der Waals surface area (Å²) >= 11 is 2.76. The maximum atomic E-state index is 12.5. The second-order valence-electron chi connectivity index (χ2n) is 5.86. The molecule has 0 radical (unpaired) electrons. The van der Waals surface area contributed by atoms with E-state index in [2.05, 4.69) is 26.6 Å². The van der Waals surface area contributed by atoms with Crippen molar-refractivity contribution in [3.63, 3.8) is 0 Å². The molecule has 2 aliphatic carbocycles. The summed E-state index contributed by atoms with van der Waals surface area (Å²) in [6.45, 7) is 0.441. The molecule has 3 unspecified atom stereocenters. The van der Waals surface area contributed by atoms with E-state index in [-0.39, 0.29) is 29.6 Å². The number of carbonyl (C=O) groups excluding carboxylic acids is 2. The highest BCUT2D eigenvalue weighted by Crippen LogP contribution is 2.52. The van der Waals surface area contributed by atoms with Gasteiger partial charge in [0.15, 0.2) is 16.3 Å². The lowest BCUT2D eigenvalue weighted by Gasteiger charge is -2.27. The molecule has 112 valence electrons. The van der Waals surface area contributed by atoms with Gasteiger partial charge in [0.05, 0.1) is 11.8 Å². The Morgan fingerprint density at radius 1 is 1.33 bits per heavy atom. The van der Waals surface area contributed by atoms with Crippen LogP contribution in [-0.4, -0.2) is 16.9 Å². The second-order valence-corrected chi connectivity index (χ2v) is 6.18. The third-order valence-corrected chi connectivity index (χ3v) is 5.08. The average molecular weight is 353 g/mol. The minimum absolute atomic E-state index is 0.0473. The summed E-state index contributed by atoms with van der Waals surface area (Å²) in [5.74, 6) is -0.338. The summed E-state index contributed by atoms with van der Waals surface area (Å²) in [6, 6.07) is 3.75. The van der Waals surface area contributed by atoms with E-state index in [0.717, 1.165) is 24.8 Å². The molecule has 3 rings (SSSR count). The third-order valence-electron chi connectivity index (χ3n) is 4.76. The van der Waals surface area contributed by atoms with E-state index in [1.807, 2.05) is 12.1 Å². The number of hydrogen-bond donors (Lipinski definition) is 1. The maximum absolute atomic E-state index is 12.5. The fourth-order valence-electron chi connectivity index (χ4n) is 3.87. The summed E-state index contributed by atoms with van der Waals surface area (Å²) < 4.78 is 4.71. The van der Waals surface area contributed by atoms with Gasteiger partial charge in [0, 0.05) is 18.9 Å². The Morgan fingerprint density at radius 2 is 2.10 bits per heavy atom. The number of pyridine rings is 1. The molecule has 5 nitrogen and oxygen atoms in total. The topological polar surface area (TPSA) is 68.3 Å². The Kier molecular flexibility index (Phi) is 4.24. The smallest absolute Gasteiger partial charge is 0.321 e. The van der Waals surface area contributed by atoms with Gasteiger partial charge >= 0.3 is 5.97 Å². The largest absolute Gasteiger partial charge is 0.383 e. The fourth-order valence-corrected chi connectivity index (χ4v) is 4.08. The molecule has 6 heteroatoms. The summed E-state index contributed by atoms with van der Waals surface area (Å²) in [5, 5.41) is 2.93. The van der Waals surface area contributed by atoms with Crippen LogP contribution < -0.4 is 5.32 Å².